The number of carbonyl (C=O) groups excluding carboxylic acids is 1. The van der Waals surface area contributed by atoms with Crippen molar-refractivity contribution < 1.29 is 31.1 Å². The molecule has 0 unspecified atom stereocenters. The summed E-state index contributed by atoms with van der Waals surface area (Å²) in [6.07, 6.45) is -5.78. The molecule has 6 aromatic rings. The standard InChI is InChI=1S/C17H16F3N5.C16H12F3N5O/c1-21-10-14-24-15-12(6-4-8-22-15)16(25-14)23-9-11-5-2-3-7-13(11)17(18,19)20;17-16(18,19)11-6-2-1-4-9(11)8-22-14-10-5-3-7-21-13(10)23-15(24-14)12(20)25/h2-8,21H,9-10H2,1H3,(H,22,23,24,25);1-7H,8H2,(H2,20,25)(H,21,22,23,24). The van der Waals surface area contributed by atoms with Crippen LogP contribution in [0.25, 0.3) is 22.1 Å². The molecule has 0 fully saturated rings. The van der Waals surface area contributed by atoms with Gasteiger partial charge in [0.05, 0.1) is 28.4 Å². The van der Waals surface area contributed by atoms with E-state index >= 15 is 0 Å². The predicted octanol–water partition coefficient (Wildman–Crippen LogP) is 6.13. The van der Waals surface area contributed by atoms with E-state index in [9.17, 15) is 31.1 Å². The Labute approximate surface area is 280 Å². The van der Waals surface area contributed by atoms with Gasteiger partial charge in [-0.1, -0.05) is 36.4 Å². The van der Waals surface area contributed by atoms with Crippen LogP contribution in [0.1, 0.15) is 38.7 Å². The first-order valence-corrected chi connectivity index (χ1v) is 14.8. The fourth-order valence-corrected chi connectivity index (χ4v) is 4.85. The van der Waals surface area contributed by atoms with Gasteiger partial charge in [-0.2, -0.15) is 26.3 Å². The lowest BCUT2D eigenvalue weighted by Gasteiger charge is -2.14. The Hall–Kier alpha value is -5.97. The summed E-state index contributed by atoms with van der Waals surface area (Å²) < 4.78 is 78.6. The van der Waals surface area contributed by atoms with Crippen molar-refractivity contribution in [1.29, 1.82) is 0 Å². The number of rotatable bonds is 9. The monoisotopic (exact) mass is 694 g/mol. The number of benzene rings is 2. The molecule has 258 valence electrons. The normalized spacial score (nSPS) is 11.6. The molecule has 2 aromatic carbocycles. The highest BCUT2D eigenvalue weighted by molar-refractivity contribution is 5.94. The fraction of sp³-hybridized carbons (Fsp3) is 0.182. The fourth-order valence-electron chi connectivity index (χ4n) is 4.85. The maximum atomic E-state index is 13.1. The number of pyridine rings is 2. The van der Waals surface area contributed by atoms with Crippen LogP contribution in [-0.2, 0) is 32.0 Å². The molecule has 0 radical (unpaired) electrons. The van der Waals surface area contributed by atoms with Crippen molar-refractivity contribution in [3.8, 4) is 0 Å². The molecule has 5 N–H and O–H groups in total. The molecule has 50 heavy (non-hydrogen) atoms. The molecule has 0 spiro atoms. The quantitative estimate of drug-likeness (QED) is 0.130. The minimum absolute atomic E-state index is 0.00428. The van der Waals surface area contributed by atoms with Crippen LogP contribution in [-0.4, -0.2) is 42.9 Å². The molecule has 1 amide bonds. The zero-order valence-corrected chi connectivity index (χ0v) is 26.1. The molecule has 0 aliphatic heterocycles. The third-order valence-electron chi connectivity index (χ3n) is 7.08. The zero-order valence-electron chi connectivity index (χ0n) is 26.1. The van der Waals surface area contributed by atoms with E-state index < -0.39 is 29.4 Å². The van der Waals surface area contributed by atoms with Crippen LogP contribution in [0, 0.1) is 0 Å². The average Bonchev–Trinajstić information content (AvgIpc) is 3.09. The molecular weight excluding hydrogens is 666 g/mol. The molecule has 17 heteroatoms. The van der Waals surface area contributed by atoms with Crippen molar-refractivity contribution in [3.05, 3.63) is 119 Å². The van der Waals surface area contributed by atoms with E-state index in [-0.39, 0.29) is 41.5 Å². The van der Waals surface area contributed by atoms with Gasteiger partial charge in [0.25, 0.3) is 5.91 Å². The Bertz CT molecular complexity index is 2120. The molecule has 0 bridgehead atoms. The number of aromatic nitrogens is 6. The van der Waals surface area contributed by atoms with Crippen LogP contribution >= 0.6 is 0 Å². The molecule has 0 aliphatic carbocycles. The van der Waals surface area contributed by atoms with Gasteiger partial charge in [0.2, 0.25) is 5.82 Å². The maximum absolute atomic E-state index is 13.1. The van der Waals surface area contributed by atoms with E-state index in [1.807, 2.05) is 0 Å². The van der Waals surface area contributed by atoms with Gasteiger partial charge in [0.1, 0.15) is 17.5 Å². The number of carbonyl (C=O) groups is 1. The molecule has 0 aliphatic rings. The summed E-state index contributed by atoms with van der Waals surface area (Å²) in [5.74, 6) is 0.0358. The molecule has 0 atom stereocenters. The minimum atomic E-state index is -4.47. The van der Waals surface area contributed by atoms with Crippen molar-refractivity contribution in [2.45, 2.75) is 32.0 Å². The van der Waals surface area contributed by atoms with E-state index in [4.69, 9.17) is 5.73 Å². The number of nitrogens with two attached hydrogens (primary N) is 1. The van der Waals surface area contributed by atoms with Crippen LogP contribution in [0.2, 0.25) is 0 Å². The third-order valence-corrected chi connectivity index (χ3v) is 7.08. The van der Waals surface area contributed by atoms with E-state index in [1.54, 1.807) is 43.6 Å². The van der Waals surface area contributed by atoms with Gasteiger partial charge in [-0.25, -0.2) is 29.9 Å². The lowest BCUT2D eigenvalue weighted by Crippen LogP contribution is -2.17. The van der Waals surface area contributed by atoms with E-state index in [0.717, 1.165) is 12.1 Å². The number of hydrogen-bond acceptors (Lipinski definition) is 10. The number of nitrogens with one attached hydrogen (secondary N) is 3. The number of nitrogens with zero attached hydrogens (tertiary/aromatic N) is 6. The topological polar surface area (TPSA) is 157 Å². The Balaban J connectivity index is 0.000000194. The van der Waals surface area contributed by atoms with Crippen molar-refractivity contribution in [1.82, 2.24) is 35.2 Å². The third kappa shape index (κ3) is 8.54. The van der Waals surface area contributed by atoms with Gasteiger partial charge >= 0.3 is 12.4 Å². The zero-order chi connectivity index (χ0) is 35.9. The predicted molar refractivity (Wildman–Crippen MR) is 173 cm³/mol. The van der Waals surface area contributed by atoms with Gasteiger partial charge in [0.15, 0.2) is 11.3 Å². The number of fused-ring (bicyclic) bond motifs is 2. The minimum Gasteiger partial charge on any atom is -0.365 e. The van der Waals surface area contributed by atoms with Gasteiger partial charge in [-0.05, 0) is 54.6 Å². The number of primary amides is 1. The second-order valence-electron chi connectivity index (χ2n) is 10.5. The number of anilines is 2. The lowest BCUT2D eigenvalue weighted by molar-refractivity contribution is -0.139. The van der Waals surface area contributed by atoms with Gasteiger partial charge in [-0.15, -0.1) is 0 Å². The van der Waals surface area contributed by atoms with Crippen LogP contribution in [0.3, 0.4) is 0 Å². The van der Waals surface area contributed by atoms with Crippen LogP contribution in [0.15, 0.2) is 85.2 Å². The highest BCUT2D eigenvalue weighted by Gasteiger charge is 2.33. The summed E-state index contributed by atoms with van der Waals surface area (Å²) in [7, 11) is 1.76. The molecule has 6 rings (SSSR count). The highest BCUT2D eigenvalue weighted by atomic mass is 19.4. The summed E-state index contributed by atoms with van der Waals surface area (Å²) in [5, 5.41) is 9.89. The summed E-state index contributed by atoms with van der Waals surface area (Å²) >= 11 is 0. The molecule has 4 heterocycles. The van der Waals surface area contributed by atoms with E-state index in [2.05, 4.69) is 45.9 Å². The number of amides is 1. The van der Waals surface area contributed by atoms with E-state index in [0.29, 0.717) is 34.6 Å². The summed E-state index contributed by atoms with van der Waals surface area (Å²) in [6, 6.07) is 17.5. The summed E-state index contributed by atoms with van der Waals surface area (Å²) in [4.78, 5) is 36.2. The Morgan fingerprint density at radius 1 is 0.640 bits per heavy atom. The molecule has 0 saturated carbocycles. The van der Waals surface area contributed by atoms with Crippen LogP contribution < -0.4 is 21.7 Å². The largest absolute Gasteiger partial charge is 0.416 e. The second kappa shape index (κ2) is 15.1. The Morgan fingerprint density at radius 2 is 1.12 bits per heavy atom. The first-order valence-electron chi connectivity index (χ1n) is 14.8. The van der Waals surface area contributed by atoms with Crippen molar-refractivity contribution in [2.75, 3.05) is 17.7 Å². The first kappa shape index (κ1) is 35.3. The average molecular weight is 695 g/mol. The van der Waals surface area contributed by atoms with Crippen molar-refractivity contribution in [2.24, 2.45) is 5.73 Å². The van der Waals surface area contributed by atoms with Crippen molar-refractivity contribution >= 4 is 39.6 Å². The summed E-state index contributed by atoms with van der Waals surface area (Å²) in [6.45, 7) is 0.283. The maximum Gasteiger partial charge on any atom is 0.416 e. The van der Waals surface area contributed by atoms with Crippen LogP contribution in [0.5, 0.6) is 0 Å². The van der Waals surface area contributed by atoms with Gasteiger partial charge in [0, 0.05) is 25.5 Å². The Morgan fingerprint density at radius 3 is 1.60 bits per heavy atom. The first-order chi connectivity index (χ1) is 23.8. The van der Waals surface area contributed by atoms with Gasteiger partial charge in [-0.3, -0.25) is 4.79 Å². The Kier molecular flexibility index (Phi) is 10.6. The molecule has 0 saturated heterocycles. The van der Waals surface area contributed by atoms with E-state index in [1.165, 1.54) is 36.5 Å². The molecule has 4 aromatic heterocycles. The summed E-state index contributed by atoms with van der Waals surface area (Å²) in [5.41, 5.74) is 4.71. The number of alkyl halides is 6. The SMILES string of the molecule is CNCc1nc(NCc2ccccc2C(F)(F)F)c2cccnc2n1.NC(=O)c1nc(NCc2ccccc2C(F)(F)F)c2cccnc2n1. The number of hydrogen-bond donors (Lipinski definition) is 4. The smallest absolute Gasteiger partial charge is 0.365 e. The highest BCUT2D eigenvalue weighted by Crippen LogP contribution is 2.33. The number of halogens is 6. The van der Waals surface area contributed by atoms with Crippen LogP contribution in [0.4, 0.5) is 38.0 Å². The van der Waals surface area contributed by atoms with Crippen molar-refractivity contribution in [3.63, 3.8) is 0 Å². The lowest BCUT2D eigenvalue weighted by atomic mass is 10.1. The van der Waals surface area contributed by atoms with Gasteiger partial charge < -0.3 is 21.7 Å². The second-order valence-corrected chi connectivity index (χ2v) is 10.5. The molecule has 11 nitrogen and oxygen atoms in total. The molecular formula is C33H28F6N10O.